The van der Waals surface area contributed by atoms with Crippen LogP contribution < -0.4 is 4.90 Å². The van der Waals surface area contributed by atoms with Crippen LogP contribution in [-0.4, -0.2) is 63.5 Å². The van der Waals surface area contributed by atoms with Crippen molar-refractivity contribution in [3.63, 3.8) is 0 Å². The Morgan fingerprint density at radius 3 is 1.56 bits per heavy atom. The molecule has 1 unspecified atom stereocenters. The van der Waals surface area contributed by atoms with Crippen molar-refractivity contribution < 1.29 is 13.9 Å². The standard InChI is InChI=1S/C50H85FN2O2/c1-3-5-7-9-11-13-15-17-19-21-23-25-27-29-31-35-45-54-47-48(39-40-52-41-43-53(44-42-52)50-38-34-33-37-49(50)51)55-46-36-32-30-28-26-24-22-20-18-16-14-12-10-8-6-4-2/h11-14,17-20,33-34,37-38,48H,3-10,15-16,21-32,35-36,39-47H2,1-2H3. The summed E-state index contributed by atoms with van der Waals surface area (Å²) in [4.78, 5) is 4.69. The van der Waals surface area contributed by atoms with Crippen LogP contribution in [0.1, 0.15) is 174 Å². The maximum atomic E-state index is 14.3. The second-order valence-corrected chi connectivity index (χ2v) is 15.8. The summed E-state index contributed by atoms with van der Waals surface area (Å²) in [7, 11) is 0. The van der Waals surface area contributed by atoms with Crippen LogP contribution in [0.4, 0.5) is 10.1 Å². The van der Waals surface area contributed by atoms with Gasteiger partial charge in [0.25, 0.3) is 0 Å². The lowest BCUT2D eigenvalue weighted by Crippen LogP contribution is -2.47. The van der Waals surface area contributed by atoms with Crippen molar-refractivity contribution in [3.05, 3.63) is 78.7 Å². The summed E-state index contributed by atoms with van der Waals surface area (Å²) in [5.74, 6) is -0.120. The Balaban J connectivity index is 1.56. The van der Waals surface area contributed by atoms with E-state index in [0.29, 0.717) is 6.61 Å². The molecular formula is C50H85FN2O2. The zero-order chi connectivity index (χ0) is 39.1. The number of piperazine rings is 1. The summed E-state index contributed by atoms with van der Waals surface area (Å²) in [5, 5.41) is 0. The molecule has 0 radical (unpaired) electrons. The first-order valence-electron chi connectivity index (χ1n) is 23.3. The van der Waals surface area contributed by atoms with Crippen LogP contribution in [0.15, 0.2) is 72.9 Å². The molecule has 0 spiro atoms. The monoisotopic (exact) mass is 765 g/mol. The van der Waals surface area contributed by atoms with Crippen molar-refractivity contribution in [2.24, 2.45) is 0 Å². The van der Waals surface area contributed by atoms with Crippen molar-refractivity contribution in [2.75, 3.05) is 57.4 Å². The number of anilines is 1. The summed E-state index contributed by atoms with van der Waals surface area (Å²) < 4.78 is 27.0. The topological polar surface area (TPSA) is 24.9 Å². The molecule has 1 atom stereocenters. The number of hydrogen-bond acceptors (Lipinski definition) is 4. The Morgan fingerprint density at radius 1 is 0.564 bits per heavy atom. The summed E-state index contributed by atoms with van der Waals surface area (Å²) in [6.45, 7) is 11.5. The molecule has 4 nitrogen and oxygen atoms in total. The molecule has 0 saturated carbocycles. The largest absolute Gasteiger partial charge is 0.379 e. The van der Waals surface area contributed by atoms with Crippen molar-refractivity contribution >= 4 is 5.69 Å². The number of halogens is 1. The van der Waals surface area contributed by atoms with Gasteiger partial charge < -0.3 is 14.4 Å². The lowest BCUT2D eigenvalue weighted by atomic mass is 10.1. The van der Waals surface area contributed by atoms with Gasteiger partial charge in [0.05, 0.1) is 18.4 Å². The summed E-state index contributed by atoms with van der Waals surface area (Å²) in [6.07, 6.45) is 50.2. The van der Waals surface area contributed by atoms with E-state index in [2.05, 4.69) is 72.3 Å². The zero-order valence-corrected chi connectivity index (χ0v) is 35.9. The normalized spacial score (nSPS) is 14.9. The van der Waals surface area contributed by atoms with Crippen molar-refractivity contribution in [2.45, 2.75) is 180 Å². The highest BCUT2D eigenvalue weighted by Gasteiger charge is 2.20. The fourth-order valence-electron chi connectivity index (χ4n) is 7.21. The third kappa shape index (κ3) is 28.8. The van der Waals surface area contributed by atoms with Crippen LogP contribution in [0.5, 0.6) is 0 Å². The number of hydrogen-bond donors (Lipinski definition) is 0. The highest BCUT2D eigenvalue weighted by Crippen LogP contribution is 2.20. The zero-order valence-electron chi connectivity index (χ0n) is 35.9. The number of ether oxygens (including phenoxy) is 2. The molecule has 55 heavy (non-hydrogen) atoms. The summed E-state index contributed by atoms with van der Waals surface area (Å²) in [5.41, 5.74) is 0.731. The van der Waals surface area contributed by atoms with E-state index in [1.54, 1.807) is 12.1 Å². The average Bonchev–Trinajstić information content (AvgIpc) is 3.20. The molecule has 1 saturated heterocycles. The first-order chi connectivity index (χ1) is 27.2. The molecule has 0 N–H and O–H groups in total. The Hall–Kier alpha value is -2.21. The van der Waals surface area contributed by atoms with Crippen LogP contribution in [0.25, 0.3) is 0 Å². The Bertz CT molecular complexity index is 1090. The van der Waals surface area contributed by atoms with Crippen LogP contribution in [0, 0.1) is 5.82 Å². The fraction of sp³-hybridized carbons (Fsp3) is 0.720. The van der Waals surface area contributed by atoms with Gasteiger partial charge in [0, 0.05) is 45.9 Å². The molecule has 1 aliphatic rings. The second kappa shape index (κ2) is 37.4. The van der Waals surface area contributed by atoms with E-state index in [4.69, 9.17) is 9.47 Å². The van der Waals surface area contributed by atoms with E-state index in [1.807, 2.05) is 12.1 Å². The minimum absolute atomic E-state index is 0.120. The highest BCUT2D eigenvalue weighted by atomic mass is 19.1. The van der Waals surface area contributed by atoms with Gasteiger partial charge in [-0.15, -0.1) is 0 Å². The van der Waals surface area contributed by atoms with Crippen LogP contribution in [-0.2, 0) is 9.47 Å². The fourth-order valence-corrected chi connectivity index (χ4v) is 7.21. The van der Waals surface area contributed by atoms with E-state index >= 15 is 0 Å². The molecular weight excluding hydrogens is 680 g/mol. The Kier molecular flexibility index (Phi) is 33.3. The first-order valence-corrected chi connectivity index (χ1v) is 23.3. The lowest BCUT2D eigenvalue weighted by Gasteiger charge is -2.36. The quantitative estimate of drug-likeness (QED) is 0.0498. The van der Waals surface area contributed by atoms with E-state index in [0.717, 1.165) is 83.7 Å². The third-order valence-electron chi connectivity index (χ3n) is 10.8. The maximum Gasteiger partial charge on any atom is 0.146 e. The minimum Gasteiger partial charge on any atom is -0.379 e. The van der Waals surface area contributed by atoms with Gasteiger partial charge in [0.15, 0.2) is 0 Å². The van der Waals surface area contributed by atoms with Gasteiger partial charge >= 0.3 is 0 Å². The predicted octanol–water partition coefficient (Wildman–Crippen LogP) is 14.4. The molecule has 1 aromatic carbocycles. The minimum atomic E-state index is -0.120. The molecule has 1 fully saturated rings. The number of benzene rings is 1. The van der Waals surface area contributed by atoms with E-state index in [9.17, 15) is 4.39 Å². The van der Waals surface area contributed by atoms with Gasteiger partial charge in [0.1, 0.15) is 5.82 Å². The number of rotatable bonds is 37. The van der Waals surface area contributed by atoms with Crippen LogP contribution in [0.3, 0.4) is 0 Å². The van der Waals surface area contributed by atoms with Crippen LogP contribution >= 0.6 is 0 Å². The summed E-state index contributed by atoms with van der Waals surface area (Å²) in [6, 6.07) is 7.16. The molecule has 5 heteroatoms. The van der Waals surface area contributed by atoms with Gasteiger partial charge in [-0.2, -0.15) is 0 Å². The molecule has 1 heterocycles. The van der Waals surface area contributed by atoms with Gasteiger partial charge in [-0.25, -0.2) is 4.39 Å². The molecule has 0 amide bonds. The number of allylic oxidation sites excluding steroid dienone is 8. The SMILES string of the molecule is CCCCCC=CCC=CCCCCCCCCOCC(CCN1CCN(c2ccccc2F)CC1)OCCCCCCCCC=CCC=CCCCCC. The molecule has 1 aromatic rings. The molecule has 2 rings (SSSR count). The van der Waals surface area contributed by atoms with Crippen molar-refractivity contribution in [1.29, 1.82) is 0 Å². The number of nitrogens with zero attached hydrogens (tertiary/aromatic N) is 2. The highest BCUT2D eigenvalue weighted by molar-refractivity contribution is 5.48. The smallest absolute Gasteiger partial charge is 0.146 e. The average molecular weight is 765 g/mol. The van der Waals surface area contributed by atoms with E-state index in [-0.39, 0.29) is 11.9 Å². The van der Waals surface area contributed by atoms with E-state index < -0.39 is 0 Å². The Labute approximate surface area is 340 Å². The lowest BCUT2D eigenvalue weighted by molar-refractivity contribution is -0.0264. The second-order valence-electron chi connectivity index (χ2n) is 15.8. The van der Waals surface area contributed by atoms with Gasteiger partial charge in [-0.3, -0.25) is 4.90 Å². The first kappa shape index (κ1) is 48.9. The molecule has 1 aliphatic heterocycles. The maximum absolute atomic E-state index is 14.3. The van der Waals surface area contributed by atoms with Crippen molar-refractivity contribution in [1.82, 2.24) is 4.90 Å². The predicted molar refractivity (Wildman–Crippen MR) is 239 cm³/mol. The van der Waals surface area contributed by atoms with E-state index in [1.165, 1.54) is 128 Å². The Morgan fingerprint density at radius 2 is 1.04 bits per heavy atom. The molecule has 0 bridgehead atoms. The van der Waals surface area contributed by atoms with Crippen LogP contribution in [0.2, 0.25) is 0 Å². The van der Waals surface area contributed by atoms with Gasteiger partial charge in [-0.05, 0) is 95.6 Å². The third-order valence-corrected chi connectivity index (χ3v) is 10.8. The van der Waals surface area contributed by atoms with Gasteiger partial charge in [0.2, 0.25) is 0 Å². The molecule has 314 valence electrons. The van der Waals surface area contributed by atoms with Crippen molar-refractivity contribution in [3.8, 4) is 0 Å². The van der Waals surface area contributed by atoms with Gasteiger partial charge in [-0.1, -0.05) is 152 Å². The number of para-hydroxylation sites is 1. The number of unbranched alkanes of at least 4 members (excludes halogenated alkanes) is 18. The molecule has 0 aromatic heterocycles. The molecule has 0 aliphatic carbocycles. The summed E-state index contributed by atoms with van der Waals surface area (Å²) >= 11 is 0.